The fourth-order valence-electron chi connectivity index (χ4n) is 3.93. The minimum absolute atomic E-state index is 0.231. The topological polar surface area (TPSA) is 92.9 Å². The van der Waals surface area contributed by atoms with E-state index in [4.69, 9.17) is 13.6 Å². The summed E-state index contributed by atoms with van der Waals surface area (Å²) in [5.74, 6) is -0.231. The van der Waals surface area contributed by atoms with E-state index in [1.165, 1.54) is 0 Å². The number of nitrogens with zero attached hydrogens (tertiary/aromatic N) is 1. The second-order valence-corrected chi connectivity index (χ2v) is 11.3. The monoisotopic (exact) mass is 446 g/mol. The van der Waals surface area contributed by atoms with Crippen LogP contribution in [0.5, 0.6) is 0 Å². The van der Waals surface area contributed by atoms with Gasteiger partial charge in [0.25, 0.3) is 10.1 Å². The zero-order valence-electron chi connectivity index (χ0n) is 17.8. The highest BCUT2D eigenvalue weighted by molar-refractivity contribution is 7.85. The third-order valence-electron chi connectivity index (χ3n) is 5.56. The van der Waals surface area contributed by atoms with Gasteiger partial charge < -0.3 is 9.05 Å². The number of hydrogen-bond acceptors (Lipinski definition) is 5. The van der Waals surface area contributed by atoms with Gasteiger partial charge in [0.1, 0.15) is 6.54 Å². The first-order valence-corrected chi connectivity index (χ1v) is 13.4. The van der Waals surface area contributed by atoms with Gasteiger partial charge in [0.15, 0.2) is 5.71 Å². The Morgan fingerprint density at radius 2 is 1.76 bits per heavy atom. The van der Waals surface area contributed by atoms with Crippen molar-refractivity contribution < 1.29 is 31.2 Å². The predicted octanol–water partition coefficient (Wildman–Crippen LogP) is 4.39. The van der Waals surface area contributed by atoms with E-state index in [-0.39, 0.29) is 11.2 Å². The van der Waals surface area contributed by atoms with Crippen LogP contribution < -0.4 is 0 Å². The standard InChI is InChI=1S/C20H32NO6PS/c1-5-26-28(22,27-6-2)15-13-20(4)17(3)21(14-9-10-16-29(23,24)25)19-12-8-7-11-18(19)20/h7-8,11-12H,5-6,9-10,13-16H2,1-4H3/p+1. The maximum Gasteiger partial charge on any atom is 0.330 e. The summed E-state index contributed by atoms with van der Waals surface area (Å²) in [5, 5.41) is 0. The summed E-state index contributed by atoms with van der Waals surface area (Å²) in [6, 6.07) is 8.12. The second kappa shape index (κ2) is 9.84. The molecule has 1 N–H and O–H groups in total. The first kappa shape index (κ1) is 24.2. The van der Waals surface area contributed by atoms with Gasteiger partial charge in [-0.05, 0) is 33.6 Å². The first-order valence-electron chi connectivity index (χ1n) is 10.1. The highest BCUT2D eigenvalue weighted by Gasteiger charge is 2.47. The van der Waals surface area contributed by atoms with E-state index in [1.54, 1.807) is 0 Å². The molecule has 0 saturated carbocycles. The number of hydrogen-bond donors (Lipinski definition) is 1. The Bertz CT molecular complexity index is 888. The van der Waals surface area contributed by atoms with E-state index in [1.807, 2.05) is 26.0 Å². The van der Waals surface area contributed by atoms with Crippen molar-refractivity contribution in [2.24, 2.45) is 0 Å². The maximum absolute atomic E-state index is 13.0. The molecule has 29 heavy (non-hydrogen) atoms. The van der Waals surface area contributed by atoms with Crippen molar-refractivity contribution in [3.05, 3.63) is 29.8 Å². The number of para-hydroxylation sites is 1. The molecule has 0 aromatic heterocycles. The molecule has 0 fully saturated rings. The van der Waals surface area contributed by atoms with Crippen molar-refractivity contribution in [2.45, 2.75) is 52.4 Å². The van der Waals surface area contributed by atoms with Crippen LogP contribution in [0.3, 0.4) is 0 Å². The summed E-state index contributed by atoms with van der Waals surface area (Å²) in [6.07, 6.45) is 1.98. The molecule has 0 aliphatic carbocycles. The zero-order chi connectivity index (χ0) is 21.7. The molecule has 0 bridgehead atoms. The molecule has 7 nitrogen and oxygen atoms in total. The lowest BCUT2D eigenvalue weighted by Crippen LogP contribution is -2.31. The lowest BCUT2D eigenvalue weighted by atomic mass is 9.78. The molecule has 1 atom stereocenters. The van der Waals surface area contributed by atoms with E-state index in [0.29, 0.717) is 45.2 Å². The molecule has 0 radical (unpaired) electrons. The van der Waals surface area contributed by atoms with Crippen LogP contribution in [-0.4, -0.2) is 54.9 Å². The van der Waals surface area contributed by atoms with Crippen molar-refractivity contribution >= 4 is 29.1 Å². The van der Waals surface area contributed by atoms with E-state index in [0.717, 1.165) is 17.0 Å². The molecule has 1 heterocycles. The Labute approximate surface area is 174 Å². The number of fused-ring (bicyclic) bond motifs is 1. The molecule has 0 saturated heterocycles. The normalized spacial score (nSPS) is 19.6. The van der Waals surface area contributed by atoms with Crippen LogP contribution in [0.2, 0.25) is 0 Å². The van der Waals surface area contributed by atoms with Crippen molar-refractivity contribution in [3.8, 4) is 0 Å². The second-order valence-electron chi connectivity index (χ2n) is 7.50. The molecule has 1 aliphatic rings. The molecule has 164 valence electrons. The van der Waals surface area contributed by atoms with Crippen LogP contribution in [0.25, 0.3) is 0 Å². The van der Waals surface area contributed by atoms with Crippen LogP contribution in [-0.2, 0) is 29.1 Å². The Morgan fingerprint density at radius 3 is 2.34 bits per heavy atom. The fourth-order valence-corrected chi connectivity index (χ4v) is 6.34. The lowest BCUT2D eigenvalue weighted by molar-refractivity contribution is -0.439. The smallest absolute Gasteiger partial charge is 0.309 e. The molecule has 1 aromatic carbocycles. The summed E-state index contributed by atoms with van der Waals surface area (Å²) < 4.78 is 57.0. The Morgan fingerprint density at radius 1 is 1.14 bits per heavy atom. The average molecular weight is 447 g/mol. The maximum atomic E-state index is 13.0. The molecular formula is C20H33NO6PS+. The molecule has 1 aliphatic heterocycles. The molecule has 9 heteroatoms. The molecule has 0 spiro atoms. The minimum atomic E-state index is -3.94. The van der Waals surface area contributed by atoms with Gasteiger partial charge in [-0.1, -0.05) is 18.2 Å². The van der Waals surface area contributed by atoms with Gasteiger partial charge in [0, 0.05) is 25.0 Å². The van der Waals surface area contributed by atoms with Gasteiger partial charge in [-0.25, -0.2) is 0 Å². The summed E-state index contributed by atoms with van der Waals surface area (Å²) >= 11 is 0. The Kier molecular flexibility index (Phi) is 8.22. The predicted molar refractivity (Wildman–Crippen MR) is 115 cm³/mol. The minimum Gasteiger partial charge on any atom is -0.309 e. The van der Waals surface area contributed by atoms with Gasteiger partial charge >= 0.3 is 7.60 Å². The van der Waals surface area contributed by atoms with Gasteiger partial charge in [0.05, 0.1) is 30.5 Å². The molecule has 2 rings (SSSR count). The van der Waals surface area contributed by atoms with E-state index < -0.39 is 17.7 Å². The van der Waals surface area contributed by atoms with Crippen LogP contribution in [0.1, 0.15) is 52.5 Å². The van der Waals surface area contributed by atoms with Crippen LogP contribution >= 0.6 is 7.60 Å². The van der Waals surface area contributed by atoms with Gasteiger partial charge in [-0.3, -0.25) is 9.12 Å². The van der Waals surface area contributed by atoms with Crippen LogP contribution in [0.4, 0.5) is 5.69 Å². The number of rotatable bonds is 12. The third kappa shape index (κ3) is 5.98. The molecule has 0 amide bonds. The van der Waals surface area contributed by atoms with Crippen molar-refractivity contribution in [1.82, 2.24) is 0 Å². The highest BCUT2D eigenvalue weighted by Crippen LogP contribution is 2.52. The van der Waals surface area contributed by atoms with E-state index in [9.17, 15) is 13.0 Å². The quantitative estimate of drug-likeness (QED) is 0.222. The SMILES string of the molecule is CCOP(=O)(CCC1(C)C(C)=[N+](CCCCS(=O)(=O)O)c2ccccc21)OCC. The number of unbranched alkanes of at least 4 members (excludes halogenated alkanes) is 1. The van der Waals surface area contributed by atoms with Crippen molar-refractivity contribution in [2.75, 3.05) is 31.7 Å². The van der Waals surface area contributed by atoms with Gasteiger partial charge in [-0.2, -0.15) is 13.0 Å². The van der Waals surface area contributed by atoms with Crippen LogP contribution in [0, 0.1) is 0 Å². The molecule has 1 aromatic rings. The lowest BCUT2D eigenvalue weighted by Gasteiger charge is -2.25. The summed E-state index contributed by atoms with van der Waals surface area (Å²) in [7, 11) is -7.08. The largest absolute Gasteiger partial charge is 0.330 e. The molecular weight excluding hydrogens is 413 g/mol. The van der Waals surface area contributed by atoms with Crippen molar-refractivity contribution in [3.63, 3.8) is 0 Å². The van der Waals surface area contributed by atoms with E-state index in [2.05, 4.69) is 30.6 Å². The van der Waals surface area contributed by atoms with Crippen LogP contribution in [0.15, 0.2) is 24.3 Å². The van der Waals surface area contributed by atoms with Crippen molar-refractivity contribution in [1.29, 1.82) is 0 Å². The fraction of sp³-hybridized carbons (Fsp3) is 0.650. The zero-order valence-corrected chi connectivity index (χ0v) is 19.5. The van der Waals surface area contributed by atoms with E-state index >= 15 is 0 Å². The highest BCUT2D eigenvalue weighted by atomic mass is 32.2. The number of benzene rings is 1. The first-order chi connectivity index (χ1) is 13.6. The summed E-state index contributed by atoms with van der Waals surface area (Å²) in [6.45, 7) is 9.16. The Hall–Kier alpha value is -1.05. The average Bonchev–Trinajstić information content (AvgIpc) is 2.86. The van der Waals surface area contributed by atoms with Gasteiger partial charge in [0.2, 0.25) is 5.69 Å². The van der Waals surface area contributed by atoms with Gasteiger partial charge in [-0.15, -0.1) is 0 Å². The molecule has 1 unspecified atom stereocenters. The summed E-state index contributed by atoms with van der Waals surface area (Å²) in [5.41, 5.74) is 3.06. The summed E-state index contributed by atoms with van der Waals surface area (Å²) in [4.78, 5) is 0. The third-order valence-corrected chi connectivity index (χ3v) is 8.44. The Balaban J connectivity index is 2.23.